The second-order valence-electron chi connectivity index (χ2n) is 5.96. The molecule has 1 N–H and O–H groups in total. The van der Waals surface area contributed by atoms with E-state index < -0.39 is 18.5 Å². The lowest BCUT2D eigenvalue weighted by atomic mass is 10.1. The van der Waals surface area contributed by atoms with E-state index in [0.717, 1.165) is 0 Å². The monoisotopic (exact) mass is 376 g/mol. The number of oxazole rings is 1. The van der Waals surface area contributed by atoms with Gasteiger partial charge >= 0.3 is 5.97 Å². The first-order chi connectivity index (χ1) is 13.7. The average Bonchev–Trinajstić information content (AvgIpc) is 3.40. The fourth-order valence-corrected chi connectivity index (χ4v) is 2.69. The molecule has 0 radical (unpaired) electrons. The summed E-state index contributed by atoms with van der Waals surface area (Å²) in [5, 5.41) is 2.62. The van der Waals surface area contributed by atoms with Gasteiger partial charge in [0.2, 0.25) is 5.89 Å². The molecule has 2 aromatic carbocycles. The summed E-state index contributed by atoms with van der Waals surface area (Å²) >= 11 is 0. The first-order valence-electron chi connectivity index (χ1n) is 8.62. The molecule has 0 spiro atoms. The Morgan fingerprint density at radius 3 is 2.64 bits per heavy atom. The number of fused-ring (bicyclic) bond motifs is 1. The van der Waals surface area contributed by atoms with Gasteiger partial charge in [-0.3, -0.25) is 4.79 Å². The van der Waals surface area contributed by atoms with Crippen LogP contribution < -0.4 is 5.32 Å². The first-order valence-corrected chi connectivity index (χ1v) is 8.62. The molecule has 0 saturated carbocycles. The van der Waals surface area contributed by atoms with Crippen LogP contribution in [0.3, 0.4) is 0 Å². The van der Waals surface area contributed by atoms with E-state index in [2.05, 4.69) is 10.3 Å². The summed E-state index contributed by atoms with van der Waals surface area (Å²) < 4.78 is 16.0. The van der Waals surface area contributed by atoms with Gasteiger partial charge in [0.1, 0.15) is 11.3 Å². The molecule has 0 aliphatic heterocycles. The van der Waals surface area contributed by atoms with Crippen LogP contribution in [-0.2, 0) is 16.1 Å². The van der Waals surface area contributed by atoms with E-state index in [1.54, 1.807) is 42.5 Å². The van der Waals surface area contributed by atoms with Crippen molar-refractivity contribution in [1.82, 2.24) is 10.3 Å². The Kier molecular flexibility index (Phi) is 4.88. The Morgan fingerprint density at radius 2 is 1.82 bits per heavy atom. The van der Waals surface area contributed by atoms with Gasteiger partial charge in [-0.1, -0.05) is 24.3 Å². The van der Waals surface area contributed by atoms with Crippen molar-refractivity contribution >= 4 is 23.0 Å². The van der Waals surface area contributed by atoms with Crippen LogP contribution >= 0.6 is 0 Å². The van der Waals surface area contributed by atoms with Gasteiger partial charge < -0.3 is 18.9 Å². The van der Waals surface area contributed by atoms with Crippen molar-refractivity contribution in [2.45, 2.75) is 6.54 Å². The van der Waals surface area contributed by atoms with Gasteiger partial charge in [-0.15, -0.1) is 0 Å². The molecule has 28 heavy (non-hydrogen) atoms. The predicted molar refractivity (Wildman–Crippen MR) is 100 cm³/mol. The largest absolute Gasteiger partial charge is 0.467 e. The van der Waals surface area contributed by atoms with Gasteiger partial charge in [0.05, 0.1) is 23.9 Å². The highest BCUT2D eigenvalue weighted by molar-refractivity contribution is 5.97. The van der Waals surface area contributed by atoms with Crippen LogP contribution in [0.15, 0.2) is 75.8 Å². The third-order valence-electron chi connectivity index (χ3n) is 4.05. The Labute approximate surface area is 159 Å². The number of ether oxygens (including phenoxy) is 1. The van der Waals surface area contributed by atoms with Gasteiger partial charge in [0, 0.05) is 0 Å². The molecule has 0 aliphatic carbocycles. The maximum atomic E-state index is 12.5. The number of para-hydroxylation sites is 2. The molecule has 4 rings (SSSR count). The van der Waals surface area contributed by atoms with Crippen molar-refractivity contribution in [2.24, 2.45) is 0 Å². The van der Waals surface area contributed by atoms with E-state index in [9.17, 15) is 9.59 Å². The molecule has 0 bridgehead atoms. The summed E-state index contributed by atoms with van der Waals surface area (Å²) in [5.74, 6) is -0.132. The first kappa shape index (κ1) is 17.5. The van der Waals surface area contributed by atoms with Crippen LogP contribution in [0.2, 0.25) is 0 Å². The minimum Gasteiger partial charge on any atom is -0.467 e. The number of rotatable bonds is 6. The second kappa shape index (κ2) is 7.79. The van der Waals surface area contributed by atoms with Crippen LogP contribution in [0.25, 0.3) is 22.6 Å². The van der Waals surface area contributed by atoms with E-state index in [1.807, 2.05) is 18.2 Å². The summed E-state index contributed by atoms with van der Waals surface area (Å²) in [5.41, 5.74) is 2.09. The molecule has 140 valence electrons. The topological polar surface area (TPSA) is 94.6 Å². The molecule has 1 amide bonds. The predicted octanol–water partition coefficient (Wildman–Crippen LogP) is 3.56. The van der Waals surface area contributed by atoms with Crippen molar-refractivity contribution in [3.8, 4) is 11.5 Å². The number of carbonyl (C=O) groups excluding carboxylic acids is 2. The number of aromatic nitrogens is 1. The molecular weight excluding hydrogens is 360 g/mol. The van der Waals surface area contributed by atoms with Crippen LogP contribution in [0.5, 0.6) is 0 Å². The molecule has 2 aromatic heterocycles. The Bertz CT molecular complexity index is 1080. The molecule has 0 atom stereocenters. The quantitative estimate of drug-likeness (QED) is 0.517. The van der Waals surface area contributed by atoms with Crippen molar-refractivity contribution < 1.29 is 23.2 Å². The lowest BCUT2D eigenvalue weighted by Gasteiger charge is -2.08. The minimum absolute atomic E-state index is 0.225. The van der Waals surface area contributed by atoms with Crippen molar-refractivity contribution in [3.05, 3.63) is 78.3 Å². The second-order valence-corrected chi connectivity index (χ2v) is 5.96. The van der Waals surface area contributed by atoms with Gasteiger partial charge in [-0.25, -0.2) is 9.78 Å². The highest BCUT2D eigenvalue weighted by atomic mass is 16.5. The van der Waals surface area contributed by atoms with E-state index >= 15 is 0 Å². The summed E-state index contributed by atoms with van der Waals surface area (Å²) in [7, 11) is 0. The SMILES string of the molecule is O=C(COC(=O)c1ccccc1-c1nc2ccccc2o1)NCc1ccco1. The maximum Gasteiger partial charge on any atom is 0.339 e. The van der Waals surface area contributed by atoms with Crippen molar-refractivity contribution in [1.29, 1.82) is 0 Å². The lowest BCUT2D eigenvalue weighted by Crippen LogP contribution is -2.28. The fraction of sp³-hybridized carbons (Fsp3) is 0.0952. The normalized spacial score (nSPS) is 10.7. The number of furan rings is 1. The zero-order valence-corrected chi connectivity index (χ0v) is 14.8. The molecule has 0 fully saturated rings. The number of hydrogen-bond donors (Lipinski definition) is 1. The van der Waals surface area contributed by atoms with Crippen LogP contribution in [0.1, 0.15) is 16.1 Å². The molecule has 4 aromatic rings. The molecule has 0 saturated heterocycles. The van der Waals surface area contributed by atoms with E-state index in [1.165, 1.54) is 6.26 Å². The fourth-order valence-electron chi connectivity index (χ4n) is 2.69. The smallest absolute Gasteiger partial charge is 0.339 e. The summed E-state index contributed by atoms with van der Waals surface area (Å²) in [4.78, 5) is 28.8. The number of nitrogens with one attached hydrogen (secondary N) is 1. The van der Waals surface area contributed by atoms with E-state index in [-0.39, 0.29) is 12.1 Å². The lowest BCUT2D eigenvalue weighted by molar-refractivity contribution is -0.124. The van der Waals surface area contributed by atoms with Crippen molar-refractivity contribution in [3.63, 3.8) is 0 Å². The van der Waals surface area contributed by atoms with Crippen LogP contribution in [-0.4, -0.2) is 23.5 Å². The molecule has 7 nitrogen and oxygen atoms in total. The van der Waals surface area contributed by atoms with Gasteiger partial charge in [0.25, 0.3) is 5.91 Å². The highest BCUT2D eigenvalue weighted by Gasteiger charge is 2.19. The van der Waals surface area contributed by atoms with Gasteiger partial charge in [0.15, 0.2) is 12.2 Å². The maximum absolute atomic E-state index is 12.5. The molecular formula is C21H16N2O5. The number of amides is 1. The van der Waals surface area contributed by atoms with Gasteiger partial charge in [-0.05, 0) is 36.4 Å². The summed E-state index contributed by atoms with van der Waals surface area (Å²) in [6.45, 7) is -0.176. The zero-order chi connectivity index (χ0) is 19.3. The van der Waals surface area contributed by atoms with Crippen molar-refractivity contribution in [2.75, 3.05) is 6.61 Å². The third-order valence-corrected chi connectivity index (χ3v) is 4.05. The molecule has 7 heteroatoms. The number of esters is 1. The molecule has 0 aliphatic rings. The number of nitrogens with zero attached hydrogens (tertiary/aromatic N) is 1. The number of carbonyl (C=O) groups is 2. The van der Waals surface area contributed by atoms with Crippen LogP contribution in [0, 0.1) is 0 Å². The highest BCUT2D eigenvalue weighted by Crippen LogP contribution is 2.27. The Hall–Kier alpha value is -3.87. The summed E-state index contributed by atoms with van der Waals surface area (Å²) in [6, 6.07) is 17.6. The summed E-state index contributed by atoms with van der Waals surface area (Å²) in [6.07, 6.45) is 1.52. The number of benzene rings is 2. The van der Waals surface area contributed by atoms with E-state index in [0.29, 0.717) is 28.3 Å². The average molecular weight is 376 g/mol. The van der Waals surface area contributed by atoms with Crippen LogP contribution in [0.4, 0.5) is 0 Å². The minimum atomic E-state index is -0.633. The Morgan fingerprint density at radius 1 is 1.00 bits per heavy atom. The molecule has 0 unspecified atom stereocenters. The van der Waals surface area contributed by atoms with E-state index in [4.69, 9.17) is 13.6 Å². The number of hydrogen-bond acceptors (Lipinski definition) is 6. The van der Waals surface area contributed by atoms with Gasteiger partial charge in [-0.2, -0.15) is 0 Å². The third kappa shape index (κ3) is 3.78. The molecule has 2 heterocycles. The Balaban J connectivity index is 1.45. The standard InChI is InChI=1S/C21H16N2O5/c24-19(22-12-14-6-5-11-26-14)13-27-21(25)16-8-2-1-7-15(16)20-23-17-9-3-4-10-18(17)28-20/h1-11H,12-13H2,(H,22,24). The zero-order valence-electron chi connectivity index (χ0n) is 14.8.